The van der Waals surface area contributed by atoms with Crippen LogP contribution in [0, 0.1) is 0 Å². The number of Topliss-reactive ketones (excluding diaryl/α,β-unsaturated/α-hetero) is 1. The Labute approximate surface area is 221 Å². The third-order valence-electron chi connectivity index (χ3n) is 6.97. The maximum atomic E-state index is 13.9. The highest BCUT2D eigenvalue weighted by Crippen LogP contribution is 2.43. The van der Waals surface area contributed by atoms with E-state index in [-0.39, 0.29) is 11.3 Å². The van der Waals surface area contributed by atoms with Gasteiger partial charge in [0.15, 0.2) is 22.9 Å². The Morgan fingerprint density at radius 1 is 1.03 bits per heavy atom. The van der Waals surface area contributed by atoms with Gasteiger partial charge in [0, 0.05) is 30.9 Å². The van der Waals surface area contributed by atoms with Crippen LogP contribution in [0.4, 0.5) is 11.4 Å². The van der Waals surface area contributed by atoms with Crippen molar-refractivity contribution in [3.8, 4) is 5.75 Å². The lowest BCUT2D eigenvalue weighted by Crippen LogP contribution is -2.31. The number of hydrogen-bond donors (Lipinski definition) is 1. The van der Waals surface area contributed by atoms with Crippen LogP contribution in [0.15, 0.2) is 88.5 Å². The number of benzene rings is 3. The molecule has 3 aromatic carbocycles. The smallest absolute Gasteiger partial charge is 0.294 e. The third-order valence-corrected chi connectivity index (χ3v) is 6.97. The second-order valence-corrected chi connectivity index (χ2v) is 9.89. The molecule has 4 aromatic rings. The molecule has 7 heteroatoms. The quantitative estimate of drug-likeness (QED) is 0.289. The monoisotopic (exact) mass is 510 g/mol. The van der Waals surface area contributed by atoms with Gasteiger partial charge in [-0.3, -0.25) is 14.5 Å². The highest BCUT2D eigenvalue weighted by atomic mass is 16.5. The summed E-state index contributed by atoms with van der Waals surface area (Å²) >= 11 is 0. The van der Waals surface area contributed by atoms with Crippen molar-refractivity contribution < 1.29 is 23.8 Å². The number of aliphatic hydroxyl groups excluding tert-OH is 1. The van der Waals surface area contributed by atoms with Crippen LogP contribution in [-0.2, 0) is 4.79 Å². The fraction of sp³-hybridized carbons (Fsp3) is 0.226. The maximum absolute atomic E-state index is 13.9. The zero-order valence-corrected chi connectivity index (χ0v) is 22.1. The first-order chi connectivity index (χ1) is 18.2. The Balaban J connectivity index is 1.63. The number of nitrogens with zero attached hydrogens (tertiary/aromatic N) is 2. The van der Waals surface area contributed by atoms with Crippen LogP contribution >= 0.6 is 0 Å². The summed E-state index contributed by atoms with van der Waals surface area (Å²) in [7, 11) is 5.39. The molecule has 0 radical (unpaired) electrons. The van der Waals surface area contributed by atoms with E-state index in [1.807, 2.05) is 73.6 Å². The number of methoxy groups -OCH3 is 1. The Morgan fingerprint density at radius 3 is 2.32 bits per heavy atom. The van der Waals surface area contributed by atoms with Crippen LogP contribution in [0.25, 0.3) is 11.0 Å². The second-order valence-electron chi connectivity index (χ2n) is 9.89. The molecule has 0 saturated carbocycles. The minimum atomic E-state index is -0.837. The lowest BCUT2D eigenvalue weighted by Gasteiger charge is -2.27. The van der Waals surface area contributed by atoms with E-state index in [2.05, 4.69) is 13.8 Å². The topological polar surface area (TPSA) is 83.2 Å². The number of hydrogen-bond acceptors (Lipinski definition) is 6. The summed E-state index contributed by atoms with van der Waals surface area (Å²) in [5.74, 6) is -0.952. The van der Waals surface area contributed by atoms with Crippen LogP contribution in [0.2, 0.25) is 0 Å². The van der Waals surface area contributed by atoms with Crippen LogP contribution in [0.5, 0.6) is 5.75 Å². The Kier molecular flexibility index (Phi) is 6.45. The molecule has 7 nitrogen and oxygen atoms in total. The van der Waals surface area contributed by atoms with Gasteiger partial charge < -0.3 is 19.2 Å². The average molecular weight is 511 g/mol. The summed E-state index contributed by atoms with van der Waals surface area (Å²) in [6, 6.07) is 21.3. The largest absolute Gasteiger partial charge is 0.503 e. The van der Waals surface area contributed by atoms with Gasteiger partial charge in [0.2, 0.25) is 5.78 Å². The van der Waals surface area contributed by atoms with Gasteiger partial charge in [-0.1, -0.05) is 50.2 Å². The van der Waals surface area contributed by atoms with Crippen molar-refractivity contribution in [2.75, 3.05) is 31.0 Å². The fourth-order valence-electron chi connectivity index (χ4n) is 4.84. The van der Waals surface area contributed by atoms with Gasteiger partial charge in [0.05, 0.1) is 18.7 Å². The SMILES string of the molecule is COc1cccc2cc(C(=O)C3=C(O)C(=O)N(c4ccc(N(C)C)cc4)C3c3ccc(C(C)C)cc3)oc12. The number of fused-ring (bicyclic) bond motifs is 1. The Bertz CT molecular complexity index is 1550. The van der Waals surface area contributed by atoms with Crippen molar-refractivity contribution in [3.63, 3.8) is 0 Å². The number of anilines is 2. The van der Waals surface area contributed by atoms with E-state index < -0.39 is 23.5 Å². The van der Waals surface area contributed by atoms with Crippen LogP contribution < -0.4 is 14.5 Å². The van der Waals surface area contributed by atoms with Crippen molar-refractivity contribution in [2.24, 2.45) is 0 Å². The van der Waals surface area contributed by atoms with Gasteiger partial charge in [-0.05, 0) is 53.4 Å². The number of furan rings is 1. The third kappa shape index (κ3) is 4.20. The average Bonchev–Trinajstić information content (AvgIpc) is 3.47. The highest BCUT2D eigenvalue weighted by Gasteiger charge is 2.45. The van der Waals surface area contributed by atoms with E-state index in [4.69, 9.17) is 9.15 Å². The van der Waals surface area contributed by atoms with Crippen molar-refractivity contribution in [1.29, 1.82) is 0 Å². The minimum absolute atomic E-state index is 0.0208. The number of carbonyl (C=O) groups is 2. The van der Waals surface area contributed by atoms with Crippen molar-refractivity contribution in [1.82, 2.24) is 0 Å². The first kappa shape index (κ1) is 25.1. The molecule has 1 amide bonds. The van der Waals surface area contributed by atoms with E-state index in [0.29, 0.717) is 33.9 Å². The fourth-order valence-corrected chi connectivity index (χ4v) is 4.84. The zero-order valence-electron chi connectivity index (χ0n) is 22.1. The van der Waals surface area contributed by atoms with Crippen molar-refractivity contribution in [2.45, 2.75) is 25.8 Å². The summed E-state index contributed by atoms with van der Waals surface area (Å²) < 4.78 is 11.3. The molecule has 1 aliphatic heterocycles. The molecule has 5 rings (SSSR count). The molecule has 38 heavy (non-hydrogen) atoms. The predicted molar refractivity (Wildman–Crippen MR) is 148 cm³/mol. The highest BCUT2D eigenvalue weighted by molar-refractivity contribution is 6.20. The molecule has 0 saturated heterocycles. The van der Waals surface area contributed by atoms with Gasteiger partial charge in [-0.25, -0.2) is 0 Å². The number of para-hydroxylation sites is 1. The van der Waals surface area contributed by atoms with Crippen LogP contribution in [0.1, 0.15) is 47.5 Å². The number of ether oxygens (including phenoxy) is 1. The summed E-state index contributed by atoms with van der Waals surface area (Å²) in [6.07, 6.45) is 0. The molecule has 1 unspecified atom stereocenters. The van der Waals surface area contributed by atoms with Crippen LogP contribution in [-0.4, -0.2) is 38.0 Å². The van der Waals surface area contributed by atoms with E-state index in [1.165, 1.54) is 12.0 Å². The first-order valence-electron chi connectivity index (χ1n) is 12.5. The Hall–Kier alpha value is -4.52. The molecule has 0 aliphatic carbocycles. The van der Waals surface area contributed by atoms with Crippen LogP contribution in [0.3, 0.4) is 0 Å². The summed E-state index contributed by atoms with van der Waals surface area (Å²) in [4.78, 5) is 30.8. The summed E-state index contributed by atoms with van der Waals surface area (Å²) in [6.45, 7) is 4.20. The molecule has 0 spiro atoms. The molecule has 1 aliphatic rings. The predicted octanol–water partition coefficient (Wildman–Crippen LogP) is 6.41. The molecule has 1 aromatic heterocycles. The van der Waals surface area contributed by atoms with Crippen molar-refractivity contribution in [3.05, 3.63) is 101 Å². The molecule has 0 fully saturated rings. The van der Waals surface area contributed by atoms with Gasteiger partial charge >= 0.3 is 0 Å². The van der Waals surface area contributed by atoms with Gasteiger partial charge in [0.1, 0.15) is 0 Å². The molecule has 1 atom stereocenters. The van der Waals surface area contributed by atoms with Gasteiger partial charge in [-0.2, -0.15) is 0 Å². The van der Waals surface area contributed by atoms with Crippen molar-refractivity contribution >= 4 is 34.0 Å². The Morgan fingerprint density at radius 2 is 1.71 bits per heavy atom. The second kappa shape index (κ2) is 9.74. The number of ketones is 1. The number of aliphatic hydroxyl groups is 1. The molecular formula is C31H30N2O5. The first-order valence-corrected chi connectivity index (χ1v) is 12.5. The lowest BCUT2D eigenvalue weighted by atomic mass is 9.92. The molecule has 194 valence electrons. The normalized spacial score (nSPS) is 15.6. The zero-order chi connectivity index (χ0) is 27.1. The molecule has 2 heterocycles. The molecular weight excluding hydrogens is 480 g/mol. The number of rotatable bonds is 7. The standard InChI is InChI=1S/C31H30N2O5/c1-18(2)19-9-11-20(12-10-19)27-26(28(34)25-17-21-7-6-8-24(37-5)30(21)38-25)29(35)31(36)33(27)23-15-13-22(14-16-23)32(3)4/h6-18,27,35H,1-5H3. The number of amides is 1. The van der Waals surface area contributed by atoms with E-state index in [9.17, 15) is 14.7 Å². The summed E-state index contributed by atoms with van der Waals surface area (Å²) in [5.41, 5.74) is 3.77. The number of carbonyl (C=O) groups excluding carboxylic acids is 2. The maximum Gasteiger partial charge on any atom is 0.294 e. The van der Waals surface area contributed by atoms with E-state index in [1.54, 1.807) is 18.2 Å². The van der Waals surface area contributed by atoms with Gasteiger partial charge in [0.25, 0.3) is 5.91 Å². The van der Waals surface area contributed by atoms with E-state index in [0.717, 1.165) is 11.3 Å². The minimum Gasteiger partial charge on any atom is -0.503 e. The molecule has 1 N–H and O–H groups in total. The van der Waals surface area contributed by atoms with Gasteiger partial charge in [-0.15, -0.1) is 0 Å². The molecule has 0 bridgehead atoms. The van der Waals surface area contributed by atoms with E-state index >= 15 is 0 Å². The lowest BCUT2D eigenvalue weighted by molar-refractivity contribution is -0.117. The summed E-state index contributed by atoms with van der Waals surface area (Å²) in [5, 5.41) is 11.8.